The lowest BCUT2D eigenvalue weighted by Gasteiger charge is -2.30. The van der Waals surface area contributed by atoms with Gasteiger partial charge in [0.1, 0.15) is 0 Å². The average Bonchev–Trinajstić information content (AvgIpc) is 2.58. The fraction of sp³-hybridized carbons (Fsp3) is 0.579. The van der Waals surface area contributed by atoms with Crippen LogP contribution in [0.3, 0.4) is 0 Å². The molecule has 0 saturated heterocycles. The molecule has 132 valence electrons. The largest absolute Gasteiger partial charge is 0.493 e. The van der Waals surface area contributed by atoms with E-state index in [0.29, 0.717) is 29.3 Å². The third kappa shape index (κ3) is 4.98. The number of ether oxygens (including phenoxy) is 2. The van der Waals surface area contributed by atoms with Crippen LogP contribution in [0.5, 0.6) is 11.5 Å². The van der Waals surface area contributed by atoms with Crippen LogP contribution in [-0.4, -0.2) is 25.3 Å². The third-order valence-corrected chi connectivity index (χ3v) is 4.51. The fourth-order valence-corrected chi connectivity index (χ4v) is 3.14. The monoisotopic (exact) mass is 332 g/mol. The number of methoxy groups -OCH3 is 1. The summed E-state index contributed by atoms with van der Waals surface area (Å²) in [6.07, 6.45) is 3.33. The summed E-state index contributed by atoms with van der Waals surface area (Å²) in [4.78, 5) is 12.0. The van der Waals surface area contributed by atoms with Gasteiger partial charge in [-0.2, -0.15) is 5.10 Å². The van der Waals surface area contributed by atoms with Crippen molar-refractivity contribution >= 4 is 11.6 Å². The molecule has 1 N–H and O–H groups in total. The van der Waals surface area contributed by atoms with Gasteiger partial charge in [-0.05, 0) is 43.2 Å². The van der Waals surface area contributed by atoms with Crippen LogP contribution in [0.1, 0.15) is 40.0 Å². The van der Waals surface area contributed by atoms with Crippen LogP contribution >= 0.6 is 0 Å². The Labute approximate surface area is 144 Å². The summed E-state index contributed by atoms with van der Waals surface area (Å²) < 4.78 is 10.7. The molecule has 1 saturated carbocycles. The molecular weight excluding hydrogens is 304 g/mol. The molecule has 0 unspecified atom stereocenters. The molecule has 0 radical (unpaired) electrons. The molecule has 2 atom stereocenters. The number of para-hydroxylation sites is 2. The Morgan fingerprint density at radius 2 is 2.00 bits per heavy atom. The second kappa shape index (κ2) is 8.71. The first kappa shape index (κ1) is 18.3. The number of carbonyl (C=O) groups is 1. The molecule has 1 aromatic rings. The Hall–Kier alpha value is -2.04. The maximum atomic E-state index is 12.0. The highest BCUT2D eigenvalue weighted by Crippen LogP contribution is 2.31. The smallest absolute Gasteiger partial charge is 0.277 e. The van der Waals surface area contributed by atoms with E-state index in [9.17, 15) is 4.79 Å². The molecule has 5 heteroatoms. The minimum absolute atomic E-state index is 0.0843. The van der Waals surface area contributed by atoms with E-state index in [1.54, 1.807) is 19.2 Å². The summed E-state index contributed by atoms with van der Waals surface area (Å²) in [7, 11) is 1.57. The van der Waals surface area contributed by atoms with Crippen LogP contribution in [0.4, 0.5) is 0 Å². The number of benzene rings is 1. The molecule has 5 nitrogen and oxygen atoms in total. The molecule has 1 aliphatic carbocycles. The molecule has 0 aliphatic heterocycles. The van der Waals surface area contributed by atoms with E-state index >= 15 is 0 Å². The van der Waals surface area contributed by atoms with Crippen molar-refractivity contribution in [1.82, 2.24) is 5.43 Å². The van der Waals surface area contributed by atoms with Crippen LogP contribution in [0.25, 0.3) is 0 Å². The van der Waals surface area contributed by atoms with Crippen molar-refractivity contribution in [3.05, 3.63) is 24.3 Å². The van der Waals surface area contributed by atoms with Gasteiger partial charge in [-0.25, -0.2) is 5.43 Å². The van der Waals surface area contributed by atoms with E-state index in [-0.39, 0.29) is 12.5 Å². The van der Waals surface area contributed by atoms with Crippen LogP contribution in [0.15, 0.2) is 29.4 Å². The number of carbonyl (C=O) groups excluding carboxylic acids is 1. The van der Waals surface area contributed by atoms with E-state index in [1.807, 2.05) is 12.1 Å². The molecule has 1 aromatic carbocycles. The highest BCUT2D eigenvalue weighted by Gasteiger charge is 2.27. The standard InChI is InChI=1S/C19H28N2O3/c1-13(2)15-10-9-14(3)11-16(15)20-21-19(22)12-24-18-8-6-5-7-17(18)23-4/h5-8,13-15H,9-12H2,1-4H3,(H,21,22)/b20-16-/t14-,15-/m1/s1. The first-order valence-electron chi connectivity index (χ1n) is 8.62. The van der Waals surface area contributed by atoms with Gasteiger partial charge in [-0.3, -0.25) is 4.79 Å². The zero-order chi connectivity index (χ0) is 17.5. The molecular formula is C19H28N2O3. The molecule has 1 aliphatic rings. The molecule has 1 amide bonds. The van der Waals surface area contributed by atoms with Gasteiger partial charge in [-0.1, -0.05) is 32.9 Å². The SMILES string of the molecule is COc1ccccc1OCC(=O)N/N=C1/C[C@H](C)CC[C@@H]1C(C)C. The van der Waals surface area contributed by atoms with Gasteiger partial charge >= 0.3 is 0 Å². The Morgan fingerprint density at radius 3 is 2.67 bits per heavy atom. The summed E-state index contributed by atoms with van der Waals surface area (Å²) in [5, 5.41) is 4.40. The minimum Gasteiger partial charge on any atom is -0.493 e. The van der Waals surface area contributed by atoms with Crippen molar-refractivity contribution in [2.75, 3.05) is 13.7 Å². The van der Waals surface area contributed by atoms with Gasteiger partial charge in [0, 0.05) is 11.6 Å². The summed E-state index contributed by atoms with van der Waals surface area (Å²) in [5.74, 6) is 2.52. The Kier molecular flexibility index (Phi) is 6.64. The minimum atomic E-state index is -0.255. The van der Waals surface area contributed by atoms with Crippen LogP contribution in [-0.2, 0) is 4.79 Å². The van der Waals surface area contributed by atoms with Crippen molar-refractivity contribution in [3.63, 3.8) is 0 Å². The van der Waals surface area contributed by atoms with Gasteiger partial charge in [0.15, 0.2) is 18.1 Å². The normalized spacial score (nSPS) is 22.5. The van der Waals surface area contributed by atoms with Crippen LogP contribution in [0, 0.1) is 17.8 Å². The van der Waals surface area contributed by atoms with E-state index in [1.165, 1.54) is 6.42 Å². The zero-order valence-electron chi connectivity index (χ0n) is 15.0. The fourth-order valence-electron chi connectivity index (χ4n) is 3.14. The van der Waals surface area contributed by atoms with Crippen LogP contribution < -0.4 is 14.9 Å². The topological polar surface area (TPSA) is 59.9 Å². The summed E-state index contributed by atoms with van der Waals surface area (Å²) in [6.45, 7) is 6.57. The first-order chi connectivity index (χ1) is 11.5. The third-order valence-electron chi connectivity index (χ3n) is 4.51. The van der Waals surface area contributed by atoms with Crippen molar-refractivity contribution in [2.24, 2.45) is 22.9 Å². The van der Waals surface area contributed by atoms with Crippen molar-refractivity contribution in [1.29, 1.82) is 0 Å². The van der Waals surface area contributed by atoms with E-state index in [2.05, 4.69) is 31.3 Å². The summed E-state index contributed by atoms with van der Waals surface area (Å²) >= 11 is 0. The molecule has 2 rings (SSSR count). The maximum Gasteiger partial charge on any atom is 0.277 e. The average molecular weight is 332 g/mol. The maximum absolute atomic E-state index is 12.0. The number of hydrogen-bond acceptors (Lipinski definition) is 4. The zero-order valence-corrected chi connectivity index (χ0v) is 15.0. The van der Waals surface area contributed by atoms with E-state index < -0.39 is 0 Å². The molecule has 0 heterocycles. The van der Waals surface area contributed by atoms with Gasteiger partial charge in [0.2, 0.25) is 0 Å². The number of amides is 1. The highest BCUT2D eigenvalue weighted by molar-refractivity contribution is 5.89. The molecule has 0 spiro atoms. The van der Waals surface area contributed by atoms with Gasteiger partial charge in [-0.15, -0.1) is 0 Å². The first-order valence-corrected chi connectivity index (χ1v) is 8.62. The van der Waals surface area contributed by atoms with E-state index in [0.717, 1.165) is 18.6 Å². The second-order valence-corrected chi connectivity index (χ2v) is 6.81. The number of hydrogen-bond donors (Lipinski definition) is 1. The van der Waals surface area contributed by atoms with Crippen molar-refractivity contribution in [2.45, 2.75) is 40.0 Å². The summed E-state index contributed by atoms with van der Waals surface area (Å²) in [6, 6.07) is 7.26. The molecule has 1 fully saturated rings. The number of nitrogens with one attached hydrogen (secondary N) is 1. The van der Waals surface area contributed by atoms with Gasteiger partial charge in [0.05, 0.1) is 7.11 Å². The number of hydrazone groups is 1. The van der Waals surface area contributed by atoms with Crippen LogP contribution in [0.2, 0.25) is 0 Å². The van der Waals surface area contributed by atoms with Crippen molar-refractivity contribution < 1.29 is 14.3 Å². The Bertz CT molecular complexity index is 584. The second-order valence-electron chi connectivity index (χ2n) is 6.81. The quantitative estimate of drug-likeness (QED) is 0.809. The van der Waals surface area contributed by atoms with Gasteiger partial charge < -0.3 is 9.47 Å². The van der Waals surface area contributed by atoms with Gasteiger partial charge in [0.25, 0.3) is 5.91 Å². The Balaban J connectivity index is 1.91. The number of nitrogens with zero attached hydrogens (tertiary/aromatic N) is 1. The van der Waals surface area contributed by atoms with Crippen molar-refractivity contribution in [3.8, 4) is 11.5 Å². The lowest BCUT2D eigenvalue weighted by molar-refractivity contribution is -0.123. The Morgan fingerprint density at radius 1 is 1.29 bits per heavy atom. The predicted molar refractivity (Wildman–Crippen MR) is 95.4 cm³/mol. The number of rotatable bonds is 6. The summed E-state index contributed by atoms with van der Waals surface area (Å²) in [5.41, 5.74) is 3.75. The lowest BCUT2D eigenvalue weighted by Crippen LogP contribution is -2.32. The molecule has 0 bridgehead atoms. The molecule has 0 aromatic heterocycles. The predicted octanol–water partition coefficient (Wildman–Crippen LogP) is 3.64. The lowest BCUT2D eigenvalue weighted by atomic mass is 9.76. The van der Waals surface area contributed by atoms with E-state index in [4.69, 9.17) is 9.47 Å². The molecule has 24 heavy (non-hydrogen) atoms. The highest BCUT2D eigenvalue weighted by atomic mass is 16.5.